The van der Waals surface area contributed by atoms with Crippen molar-refractivity contribution in [2.75, 3.05) is 11.9 Å². The molecule has 1 radical (unpaired) electrons. The third-order valence-electron chi connectivity index (χ3n) is 2.77. The molecule has 0 aromatic carbocycles. The van der Waals surface area contributed by atoms with Gasteiger partial charge in [-0.1, -0.05) is 6.07 Å². The maximum atomic E-state index is 4.38. The highest BCUT2D eigenvalue weighted by Crippen LogP contribution is 2.23. The van der Waals surface area contributed by atoms with E-state index in [1.807, 2.05) is 67.2 Å². The average Bonchev–Trinajstić information content (AvgIpc) is 2.87. The second-order valence-corrected chi connectivity index (χ2v) is 4.13. The lowest BCUT2D eigenvalue weighted by atomic mass is 10.1. The maximum Gasteiger partial charge on any atom is 0.396 e. The number of anilines is 1. The summed E-state index contributed by atoms with van der Waals surface area (Å²) in [5, 5.41) is 0. The lowest BCUT2D eigenvalue weighted by Gasteiger charge is -2.15. The van der Waals surface area contributed by atoms with Crippen molar-refractivity contribution in [1.82, 2.24) is 14.8 Å². The van der Waals surface area contributed by atoms with Gasteiger partial charge in [-0.05, 0) is 30.8 Å². The molecular formula is C13H12BN4. The number of rotatable bonds is 2. The first-order chi connectivity index (χ1) is 8.83. The summed E-state index contributed by atoms with van der Waals surface area (Å²) in [5.41, 5.74) is 2.21. The van der Waals surface area contributed by atoms with Gasteiger partial charge in [0.25, 0.3) is 0 Å². The van der Waals surface area contributed by atoms with Crippen LogP contribution in [0.1, 0.15) is 0 Å². The van der Waals surface area contributed by atoms with E-state index in [2.05, 4.69) is 16.0 Å². The summed E-state index contributed by atoms with van der Waals surface area (Å²) in [7, 11) is 3.97. The molecule has 0 fully saturated rings. The van der Waals surface area contributed by atoms with Gasteiger partial charge in [-0.25, -0.2) is 4.98 Å². The third kappa shape index (κ3) is 2.07. The molecule has 87 valence electrons. The lowest BCUT2D eigenvalue weighted by molar-refractivity contribution is 0.746. The fourth-order valence-electron chi connectivity index (χ4n) is 1.86. The van der Waals surface area contributed by atoms with Gasteiger partial charge in [-0.15, -0.1) is 0 Å². The Bertz CT molecular complexity index is 570. The van der Waals surface area contributed by atoms with Crippen molar-refractivity contribution in [2.24, 2.45) is 0 Å². The van der Waals surface area contributed by atoms with E-state index in [9.17, 15) is 0 Å². The Kier molecular flexibility index (Phi) is 2.72. The molecule has 0 spiro atoms. The largest absolute Gasteiger partial charge is 0.406 e. The first-order valence-corrected chi connectivity index (χ1v) is 5.73. The van der Waals surface area contributed by atoms with Crippen LogP contribution in [0.3, 0.4) is 0 Å². The van der Waals surface area contributed by atoms with Crippen LogP contribution >= 0.6 is 0 Å². The molecule has 4 nitrogen and oxygen atoms in total. The van der Waals surface area contributed by atoms with Crippen LogP contribution in [0.4, 0.5) is 5.82 Å². The molecule has 0 unspecified atom stereocenters. The molecule has 0 saturated heterocycles. The summed E-state index contributed by atoms with van der Waals surface area (Å²) < 4.78 is 0. The molecule has 2 aromatic heterocycles. The molecule has 0 N–H and O–H groups in total. The zero-order valence-electron chi connectivity index (χ0n) is 10.1. The molecule has 0 bridgehead atoms. The standard InChI is InChI=1S/C13H12BN4/c1-17-7-8-18(14-17)13-9-11(4-6-16-13)12-3-2-5-15-10-12/h2-10H,1H3. The minimum absolute atomic E-state index is 0.900. The van der Waals surface area contributed by atoms with Crippen LogP contribution in [0.5, 0.6) is 0 Å². The third-order valence-corrected chi connectivity index (χ3v) is 2.77. The van der Waals surface area contributed by atoms with E-state index in [1.54, 1.807) is 6.20 Å². The lowest BCUT2D eigenvalue weighted by Crippen LogP contribution is -2.27. The van der Waals surface area contributed by atoms with Crippen LogP contribution in [0.15, 0.2) is 55.3 Å². The van der Waals surface area contributed by atoms with Crippen molar-refractivity contribution in [3.8, 4) is 11.1 Å². The predicted octanol–water partition coefficient (Wildman–Crippen LogP) is 1.90. The summed E-state index contributed by atoms with van der Waals surface area (Å²) in [5.74, 6) is 0.900. The van der Waals surface area contributed by atoms with Gasteiger partial charge in [0.1, 0.15) is 5.82 Å². The predicted molar refractivity (Wildman–Crippen MR) is 72.6 cm³/mol. The molecule has 3 rings (SSSR count). The van der Waals surface area contributed by atoms with Crippen molar-refractivity contribution in [2.45, 2.75) is 0 Å². The molecule has 1 aliphatic heterocycles. The minimum Gasteiger partial charge on any atom is -0.406 e. The normalized spacial score (nSPS) is 13.8. The van der Waals surface area contributed by atoms with Crippen LogP contribution in [0.2, 0.25) is 0 Å². The molecular weight excluding hydrogens is 223 g/mol. The van der Waals surface area contributed by atoms with Gasteiger partial charge in [-0.2, -0.15) is 0 Å². The molecule has 0 aliphatic carbocycles. The fraction of sp³-hybridized carbons (Fsp3) is 0.0769. The average molecular weight is 235 g/mol. The number of nitrogens with zero attached hydrogens (tertiary/aromatic N) is 4. The second-order valence-electron chi connectivity index (χ2n) is 4.13. The van der Waals surface area contributed by atoms with Crippen molar-refractivity contribution < 1.29 is 0 Å². The van der Waals surface area contributed by atoms with Gasteiger partial charge in [0.15, 0.2) is 0 Å². The van der Waals surface area contributed by atoms with E-state index in [-0.39, 0.29) is 0 Å². The zero-order chi connectivity index (χ0) is 12.4. The quantitative estimate of drug-likeness (QED) is 0.744. The number of pyridine rings is 2. The van der Waals surface area contributed by atoms with E-state index in [0.717, 1.165) is 16.9 Å². The van der Waals surface area contributed by atoms with Crippen molar-refractivity contribution >= 4 is 13.4 Å². The van der Waals surface area contributed by atoms with E-state index in [1.165, 1.54) is 0 Å². The highest BCUT2D eigenvalue weighted by Gasteiger charge is 2.15. The molecule has 3 heterocycles. The molecule has 0 saturated carbocycles. The molecule has 5 heteroatoms. The Labute approximate surface area is 107 Å². The van der Waals surface area contributed by atoms with E-state index in [4.69, 9.17) is 0 Å². The Morgan fingerprint density at radius 1 is 1.11 bits per heavy atom. The number of hydrogen-bond donors (Lipinski definition) is 0. The highest BCUT2D eigenvalue weighted by atomic mass is 15.2. The molecule has 18 heavy (non-hydrogen) atoms. The summed E-state index contributed by atoms with van der Waals surface area (Å²) in [6.07, 6.45) is 9.41. The second kappa shape index (κ2) is 4.53. The van der Waals surface area contributed by atoms with Gasteiger partial charge in [-0.3, -0.25) is 4.98 Å². The first kappa shape index (κ1) is 10.8. The smallest absolute Gasteiger partial charge is 0.396 e. The molecule has 0 atom stereocenters. The van der Waals surface area contributed by atoms with Gasteiger partial charge < -0.3 is 9.62 Å². The summed E-state index contributed by atoms with van der Waals surface area (Å²) in [4.78, 5) is 12.5. The highest BCUT2D eigenvalue weighted by molar-refractivity contribution is 6.40. The first-order valence-electron chi connectivity index (χ1n) is 5.73. The van der Waals surface area contributed by atoms with Crippen LogP contribution in [-0.2, 0) is 0 Å². The minimum atomic E-state index is 0.900. The topological polar surface area (TPSA) is 32.3 Å². The van der Waals surface area contributed by atoms with Crippen LogP contribution in [0.25, 0.3) is 11.1 Å². The summed E-state index contributed by atoms with van der Waals surface area (Å²) in [6.45, 7) is 0. The van der Waals surface area contributed by atoms with Crippen LogP contribution in [0, 0.1) is 0 Å². The Morgan fingerprint density at radius 3 is 2.78 bits per heavy atom. The van der Waals surface area contributed by atoms with Gasteiger partial charge >= 0.3 is 7.55 Å². The molecule has 0 amide bonds. The Morgan fingerprint density at radius 2 is 2.06 bits per heavy atom. The van der Waals surface area contributed by atoms with E-state index < -0.39 is 0 Å². The molecule has 1 aliphatic rings. The Hall–Kier alpha value is -2.30. The van der Waals surface area contributed by atoms with Crippen molar-refractivity contribution in [3.05, 3.63) is 55.3 Å². The maximum absolute atomic E-state index is 4.38. The summed E-state index contributed by atoms with van der Waals surface area (Å²) in [6, 6.07) is 8.02. The summed E-state index contributed by atoms with van der Waals surface area (Å²) >= 11 is 0. The van der Waals surface area contributed by atoms with E-state index in [0.29, 0.717) is 0 Å². The van der Waals surface area contributed by atoms with Crippen molar-refractivity contribution in [3.63, 3.8) is 0 Å². The molecule has 2 aromatic rings. The van der Waals surface area contributed by atoms with Crippen LogP contribution in [-0.4, -0.2) is 29.4 Å². The van der Waals surface area contributed by atoms with E-state index >= 15 is 0 Å². The van der Waals surface area contributed by atoms with Gasteiger partial charge in [0.2, 0.25) is 0 Å². The monoisotopic (exact) mass is 235 g/mol. The van der Waals surface area contributed by atoms with Crippen molar-refractivity contribution in [1.29, 1.82) is 0 Å². The fourth-order valence-corrected chi connectivity index (χ4v) is 1.86. The number of hydrogen-bond acceptors (Lipinski definition) is 4. The van der Waals surface area contributed by atoms with Gasteiger partial charge in [0.05, 0.1) is 0 Å². The SMILES string of the molecule is CN1[B]N(c2cc(-c3cccnc3)ccn2)C=C1. The zero-order valence-corrected chi connectivity index (χ0v) is 10.1. The van der Waals surface area contributed by atoms with Crippen LogP contribution < -0.4 is 4.81 Å². The number of aromatic nitrogens is 2. The Balaban J connectivity index is 1.93. The van der Waals surface area contributed by atoms with Gasteiger partial charge in [0, 0.05) is 36.6 Å².